The number of benzene rings is 1. The largest absolute Gasteiger partial charge is 0.399 e. The van der Waals surface area contributed by atoms with Gasteiger partial charge in [-0.25, -0.2) is 4.98 Å². The molecule has 0 fully saturated rings. The van der Waals surface area contributed by atoms with Crippen molar-refractivity contribution in [3.05, 3.63) is 34.7 Å². The Kier molecular flexibility index (Phi) is 4.33. The van der Waals surface area contributed by atoms with E-state index in [0.717, 1.165) is 36.3 Å². The van der Waals surface area contributed by atoms with E-state index < -0.39 is 0 Å². The van der Waals surface area contributed by atoms with E-state index in [1.807, 2.05) is 24.3 Å². The van der Waals surface area contributed by atoms with Crippen LogP contribution in [0.5, 0.6) is 0 Å². The van der Waals surface area contributed by atoms with Gasteiger partial charge in [-0.1, -0.05) is 12.1 Å². The van der Waals surface area contributed by atoms with Gasteiger partial charge in [0.2, 0.25) is 0 Å². The summed E-state index contributed by atoms with van der Waals surface area (Å²) in [6.45, 7) is 1.11. The molecule has 1 aromatic carbocycles. The zero-order chi connectivity index (χ0) is 13.0. The summed E-state index contributed by atoms with van der Waals surface area (Å²) in [5, 5.41) is 3.33. The summed E-state index contributed by atoms with van der Waals surface area (Å²) in [5.41, 5.74) is 8.67. The molecule has 2 rings (SSSR count). The maximum absolute atomic E-state index is 5.68. The fourth-order valence-electron chi connectivity index (χ4n) is 1.76. The third-order valence-corrected chi connectivity index (χ3v) is 3.66. The third-order valence-electron chi connectivity index (χ3n) is 2.75. The van der Waals surface area contributed by atoms with Crippen LogP contribution in [0.1, 0.15) is 11.4 Å². The summed E-state index contributed by atoms with van der Waals surface area (Å²) in [5.74, 6) is 0. The van der Waals surface area contributed by atoms with Crippen LogP contribution >= 0.6 is 11.3 Å². The van der Waals surface area contributed by atoms with E-state index in [0.29, 0.717) is 0 Å². The van der Waals surface area contributed by atoms with Gasteiger partial charge in [-0.15, -0.1) is 11.3 Å². The Bertz CT molecular complexity index is 488. The van der Waals surface area contributed by atoms with Gasteiger partial charge in [0.25, 0.3) is 0 Å². The van der Waals surface area contributed by atoms with Crippen molar-refractivity contribution in [2.24, 2.45) is 0 Å². The van der Waals surface area contributed by atoms with Crippen molar-refractivity contribution in [3.8, 4) is 11.3 Å². The lowest BCUT2D eigenvalue weighted by Crippen LogP contribution is -2.13. The molecular weight excluding hydrogens is 242 g/mol. The summed E-state index contributed by atoms with van der Waals surface area (Å²) in [4.78, 5) is 6.87. The highest BCUT2D eigenvalue weighted by Crippen LogP contribution is 2.23. The molecule has 1 aromatic heterocycles. The van der Waals surface area contributed by atoms with Crippen LogP contribution in [-0.2, 0) is 6.42 Å². The summed E-state index contributed by atoms with van der Waals surface area (Å²) in [6.07, 6.45) is 2.21. The second-order valence-electron chi connectivity index (χ2n) is 4.66. The van der Waals surface area contributed by atoms with Crippen molar-refractivity contribution in [2.75, 3.05) is 26.4 Å². The second-order valence-corrected chi connectivity index (χ2v) is 5.60. The lowest BCUT2D eigenvalue weighted by molar-refractivity contribution is 0.400. The topological polar surface area (TPSA) is 42.2 Å². The van der Waals surface area contributed by atoms with Crippen LogP contribution in [0, 0.1) is 0 Å². The first-order valence-corrected chi connectivity index (χ1v) is 6.98. The molecule has 18 heavy (non-hydrogen) atoms. The molecule has 0 aliphatic heterocycles. The molecule has 2 aromatic rings. The number of thiazole rings is 1. The van der Waals surface area contributed by atoms with Crippen LogP contribution in [0.4, 0.5) is 5.69 Å². The van der Waals surface area contributed by atoms with Crippen molar-refractivity contribution >= 4 is 17.0 Å². The molecule has 0 spiro atoms. The Morgan fingerprint density at radius 1 is 1.22 bits per heavy atom. The van der Waals surface area contributed by atoms with Crippen LogP contribution in [0.2, 0.25) is 0 Å². The highest BCUT2D eigenvalue weighted by atomic mass is 32.1. The number of nitrogens with two attached hydrogens (primary N) is 1. The van der Waals surface area contributed by atoms with E-state index in [-0.39, 0.29) is 0 Å². The first-order valence-electron chi connectivity index (χ1n) is 6.10. The van der Waals surface area contributed by atoms with E-state index in [9.17, 15) is 0 Å². The molecule has 3 nitrogen and oxygen atoms in total. The van der Waals surface area contributed by atoms with Gasteiger partial charge in [0, 0.05) is 23.1 Å². The van der Waals surface area contributed by atoms with Gasteiger partial charge in [-0.3, -0.25) is 0 Å². The first-order chi connectivity index (χ1) is 8.65. The molecule has 0 radical (unpaired) electrons. The molecule has 0 aliphatic carbocycles. The van der Waals surface area contributed by atoms with Gasteiger partial charge >= 0.3 is 0 Å². The Morgan fingerprint density at radius 3 is 2.61 bits per heavy atom. The minimum Gasteiger partial charge on any atom is -0.399 e. The van der Waals surface area contributed by atoms with Crippen LogP contribution in [0.3, 0.4) is 0 Å². The zero-order valence-corrected chi connectivity index (χ0v) is 11.7. The summed E-state index contributed by atoms with van der Waals surface area (Å²) in [7, 11) is 4.20. The Morgan fingerprint density at radius 2 is 1.94 bits per heavy atom. The number of rotatable bonds is 5. The highest BCUT2D eigenvalue weighted by molar-refractivity contribution is 7.09. The van der Waals surface area contributed by atoms with Gasteiger partial charge in [-0.05, 0) is 39.2 Å². The molecule has 0 saturated heterocycles. The van der Waals surface area contributed by atoms with Gasteiger partial charge in [0.05, 0.1) is 10.7 Å². The highest BCUT2D eigenvalue weighted by Gasteiger charge is 2.04. The van der Waals surface area contributed by atoms with Crippen LogP contribution in [0.25, 0.3) is 11.3 Å². The number of aromatic nitrogens is 1. The average Bonchev–Trinajstić information content (AvgIpc) is 2.78. The van der Waals surface area contributed by atoms with Crippen molar-refractivity contribution in [1.29, 1.82) is 0 Å². The number of hydrogen-bond donors (Lipinski definition) is 1. The first kappa shape index (κ1) is 13.1. The number of nitrogens with zero attached hydrogens (tertiary/aromatic N) is 2. The van der Waals surface area contributed by atoms with Crippen molar-refractivity contribution in [2.45, 2.75) is 12.8 Å². The molecule has 1 heterocycles. The summed E-state index contributed by atoms with van der Waals surface area (Å²) in [6, 6.07) is 7.88. The number of aryl methyl sites for hydroxylation is 1. The van der Waals surface area contributed by atoms with Crippen molar-refractivity contribution in [3.63, 3.8) is 0 Å². The van der Waals surface area contributed by atoms with E-state index in [1.54, 1.807) is 11.3 Å². The smallest absolute Gasteiger partial charge is 0.0933 e. The molecule has 96 valence electrons. The maximum atomic E-state index is 5.68. The quantitative estimate of drug-likeness (QED) is 0.842. The molecule has 0 saturated carbocycles. The second kappa shape index (κ2) is 5.98. The van der Waals surface area contributed by atoms with E-state index in [4.69, 9.17) is 5.73 Å². The monoisotopic (exact) mass is 261 g/mol. The van der Waals surface area contributed by atoms with E-state index >= 15 is 0 Å². The molecule has 2 N–H and O–H groups in total. The average molecular weight is 261 g/mol. The normalized spacial score (nSPS) is 11.1. The summed E-state index contributed by atoms with van der Waals surface area (Å²) < 4.78 is 0. The van der Waals surface area contributed by atoms with Crippen LogP contribution in [-0.4, -0.2) is 30.5 Å². The van der Waals surface area contributed by atoms with Crippen LogP contribution in [0.15, 0.2) is 29.6 Å². The molecule has 0 atom stereocenters. The molecule has 4 heteroatoms. The fraction of sp³-hybridized carbons (Fsp3) is 0.357. The van der Waals surface area contributed by atoms with Gasteiger partial charge in [-0.2, -0.15) is 0 Å². The van der Waals surface area contributed by atoms with Crippen molar-refractivity contribution < 1.29 is 0 Å². The van der Waals surface area contributed by atoms with Gasteiger partial charge in [0.1, 0.15) is 0 Å². The third kappa shape index (κ3) is 3.55. The number of nitrogen functional groups attached to an aromatic ring is 1. The predicted octanol–water partition coefficient (Wildman–Crippen LogP) is 2.89. The van der Waals surface area contributed by atoms with Crippen LogP contribution < -0.4 is 5.73 Å². The fourth-order valence-corrected chi connectivity index (χ4v) is 2.61. The maximum Gasteiger partial charge on any atom is 0.0933 e. The Hall–Kier alpha value is -1.39. The SMILES string of the molecule is CN(C)CCCc1nc(-c2ccc(N)cc2)cs1. The van der Waals surface area contributed by atoms with Gasteiger partial charge < -0.3 is 10.6 Å². The minimum atomic E-state index is 0.792. The zero-order valence-electron chi connectivity index (χ0n) is 10.9. The molecule has 0 amide bonds. The standard InChI is InChI=1S/C14H19N3S/c1-17(2)9-3-4-14-16-13(10-18-14)11-5-7-12(15)8-6-11/h5-8,10H,3-4,9,15H2,1-2H3. The molecule has 0 bridgehead atoms. The van der Waals surface area contributed by atoms with E-state index in [2.05, 4.69) is 29.4 Å². The number of hydrogen-bond acceptors (Lipinski definition) is 4. The van der Waals surface area contributed by atoms with Crippen molar-refractivity contribution in [1.82, 2.24) is 9.88 Å². The summed E-state index contributed by atoms with van der Waals surface area (Å²) >= 11 is 1.74. The minimum absolute atomic E-state index is 0.792. The molecule has 0 unspecified atom stereocenters. The molecule has 0 aliphatic rings. The lowest BCUT2D eigenvalue weighted by Gasteiger charge is -2.07. The van der Waals surface area contributed by atoms with E-state index in [1.165, 1.54) is 5.01 Å². The predicted molar refractivity (Wildman–Crippen MR) is 78.8 cm³/mol. The van der Waals surface area contributed by atoms with Gasteiger partial charge in [0.15, 0.2) is 0 Å². The Balaban J connectivity index is 1.99. The number of anilines is 1. The molecular formula is C14H19N3S. The Labute approximate surface area is 112 Å². The lowest BCUT2D eigenvalue weighted by atomic mass is 10.1.